The fraction of sp³-hybridized carbons (Fsp3) is 0.667. The molecule has 2 fully saturated rings. The molecular weight excluding hydrogens is 304 g/mol. The van der Waals surface area contributed by atoms with Gasteiger partial charge in [0.1, 0.15) is 0 Å². The van der Waals surface area contributed by atoms with E-state index in [4.69, 9.17) is 16.3 Å². The number of amides is 1. The topological polar surface area (TPSA) is 67.3 Å². The van der Waals surface area contributed by atoms with Crippen LogP contribution in [0.5, 0.6) is 0 Å². The van der Waals surface area contributed by atoms with Crippen LogP contribution >= 0.6 is 11.6 Å². The standard InChI is InChI=1S/C15H21ClN4O2/c16-13-5-6-14(19-18-13)20-7-1-3-11(10-20)15(21)17-9-12-4-2-8-22-12/h5-6,11-12H,1-4,7-10H2,(H,17,21)/t11-,12-/m1/s1. The van der Waals surface area contributed by atoms with Crippen LogP contribution in [-0.2, 0) is 9.53 Å². The van der Waals surface area contributed by atoms with Crippen LogP contribution in [0.3, 0.4) is 0 Å². The Labute approximate surface area is 135 Å². The molecule has 0 aliphatic carbocycles. The predicted octanol–water partition coefficient (Wildman–Crippen LogP) is 1.64. The van der Waals surface area contributed by atoms with Gasteiger partial charge in [-0.25, -0.2) is 0 Å². The highest BCUT2D eigenvalue weighted by molar-refractivity contribution is 6.29. The molecule has 0 bridgehead atoms. The third kappa shape index (κ3) is 3.87. The van der Waals surface area contributed by atoms with Gasteiger partial charge in [-0.05, 0) is 37.8 Å². The molecule has 2 saturated heterocycles. The summed E-state index contributed by atoms with van der Waals surface area (Å²) in [4.78, 5) is 14.4. The molecule has 2 aliphatic rings. The average molecular weight is 325 g/mol. The van der Waals surface area contributed by atoms with E-state index in [1.165, 1.54) is 0 Å². The van der Waals surface area contributed by atoms with Gasteiger partial charge in [0.15, 0.2) is 11.0 Å². The SMILES string of the molecule is O=C(NC[C@H]1CCCO1)[C@@H]1CCCN(c2ccc(Cl)nn2)C1. The Morgan fingerprint density at radius 2 is 2.27 bits per heavy atom. The first-order valence-electron chi connectivity index (χ1n) is 7.86. The molecule has 3 heterocycles. The first kappa shape index (κ1) is 15.5. The summed E-state index contributed by atoms with van der Waals surface area (Å²) in [5.41, 5.74) is 0. The van der Waals surface area contributed by atoms with Gasteiger partial charge >= 0.3 is 0 Å². The average Bonchev–Trinajstić information content (AvgIpc) is 3.07. The van der Waals surface area contributed by atoms with Gasteiger partial charge in [-0.15, -0.1) is 10.2 Å². The van der Waals surface area contributed by atoms with Gasteiger partial charge in [0.2, 0.25) is 5.91 Å². The Hall–Kier alpha value is -1.40. The van der Waals surface area contributed by atoms with Crippen LogP contribution in [0.1, 0.15) is 25.7 Å². The lowest BCUT2D eigenvalue weighted by Crippen LogP contribution is -2.45. The molecule has 0 radical (unpaired) electrons. The number of aromatic nitrogens is 2. The molecule has 7 heteroatoms. The Morgan fingerprint density at radius 3 is 3.00 bits per heavy atom. The van der Waals surface area contributed by atoms with E-state index in [9.17, 15) is 4.79 Å². The highest BCUT2D eigenvalue weighted by Gasteiger charge is 2.27. The zero-order chi connectivity index (χ0) is 15.4. The Bertz CT molecular complexity index is 505. The van der Waals surface area contributed by atoms with Crippen LogP contribution in [0, 0.1) is 5.92 Å². The summed E-state index contributed by atoms with van der Waals surface area (Å²) >= 11 is 5.77. The molecule has 2 aliphatic heterocycles. The number of nitrogens with zero attached hydrogens (tertiary/aromatic N) is 3. The normalized spacial score (nSPS) is 25.2. The van der Waals surface area contributed by atoms with Gasteiger partial charge < -0.3 is 15.0 Å². The second-order valence-electron chi connectivity index (χ2n) is 5.88. The van der Waals surface area contributed by atoms with Crippen LogP contribution in [0.15, 0.2) is 12.1 Å². The van der Waals surface area contributed by atoms with E-state index >= 15 is 0 Å². The number of piperidine rings is 1. The molecule has 6 nitrogen and oxygen atoms in total. The molecule has 22 heavy (non-hydrogen) atoms. The number of rotatable bonds is 4. The smallest absolute Gasteiger partial charge is 0.224 e. The first-order chi connectivity index (χ1) is 10.7. The van der Waals surface area contributed by atoms with Crippen molar-refractivity contribution in [1.29, 1.82) is 0 Å². The lowest BCUT2D eigenvalue weighted by atomic mass is 9.97. The van der Waals surface area contributed by atoms with E-state index in [0.717, 1.165) is 44.7 Å². The second kappa shape index (κ2) is 7.24. The second-order valence-corrected chi connectivity index (χ2v) is 6.27. The quantitative estimate of drug-likeness (QED) is 0.912. The van der Waals surface area contributed by atoms with Gasteiger partial charge in [-0.3, -0.25) is 4.79 Å². The number of carbonyl (C=O) groups is 1. The summed E-state index contributed by atoms with van der Waals surface area (Å²) in [5, 5.41) is 11.4. The number of halogens is 1. The lowest BCUT2D eigenvalue weighted by molar-refractivity contribution is -0.125. The molecule has 0 unspecified atom stereocenters. The van der Waals surface area contributed by atoms with Crippen molar-refractivity contribution in [2.45, 2.75) is 31.8 Å². The summed E-state index contributed by atoms with van der Waals surface area (Å²) in [6.45, 7) is 3.00. The summed E-state index contributed by atoms with van der Waals surface area (Å²) in [6, 6.07) is 3.58. The molecule has 120 valence electrons. The highest BCUT2D eigenvalue weighted by atomic mass is 35.5. The Kier molecular flexibility index (Phi) is 5.10. The third-order valence-electron chi connectivity index (χ3n) is 4.26. The van der Waals surface area contributed by atoms with E-state index < -0.39 is 0 Å². The van der Waals surface area contributed by atoms with Crippen LogP contribution in [-0.4, -0.2) is 48.4 Å². The van der Waals surface area contributed by atoms with Crippen LogP contribution in [0.4, 0.5) is 5.82 Å². The van der Waals surface area contributed by atoms with Crippen LogP contribution in [0.2, 0.25) is 5.15 Å². The summed E-state index contributed by atoms with van der Waals surface area (Å²) in [6.07, 6.45) is 4.20. The summed E-state index contributed by atoms with van der Waals surface area (Å²) in [5.74, 6) is 0.885. The van der Waals surface area contributed by atoms with Crippen molar-refractivity contribution in [3.05, 3.63) is 17.3 Å². The van der Waals surface area contributed by atoms with Crippen molar-refractivity contribution in [1.82, 2.24) is 15.5 Å². The molecule has 2 atom stereocenters. The molecule has 1 aromatic rings. The van der Waals surface area contributed by atoms with Crippen molar-refractivity contribution < 1.29 is 9.53 Å². The maximum atomic E-state index is 12.3. The maximum Gasteiger partial charge on any atom is 0.224 e. The number of anilines is 1. The maximum absolute atomic E-state index is 12.3. The molecule has 0 saturated carbocycles. The van der Waals surface area contributed by atoms with E-state index in [1.54, 1.807) is 6.07 Å². The van der Waals surface area contributed by atoms with Crippen LogP contribution in [0.25, 0.3) is 0 Å². The fourth-order valence-corrected chi connectivity index (χ4v) is 3.14. The fourth-order valence-electron chi connectivity index (χ4n) is 3.04. The zero-order valence-corrected chi connectivity index (χ0v) is 13.3. The zero-order valence-electron chi connectivity index (χ0n) is 12.5. The van der Waals surface area contributed by atoms with Gasteiger partial charge in [-0.2, -0.15) is 0 Å². The third-order valence-corrected chi connectivity index (χ3v) is 4.46. The number of nitrogens with one attached hydrogen (secondary N) is 1. The van der Waals surface area contributed by atoms with Crippen molar-refractivity contribution in [3.8, 4) is 0 Å². The van der Waals surface area contributed by atoms with E-state index in [2.05, 4.69) is 20.4 Å². The Morgan fingerprint density at radius 1 is 1.36 bits per heavy atom. The molecule has 1 aromatic heterocycles. The highest BCUT2D eigenvalue weighted by Crippen LogP contribution is 2.22. The molecular formula is C15H21ClN4O2. The van der Waals surface area contributed by atoms with Crippen molar-refractivity contribution in [2.75, 3.05) is 31.1 Å². The lowest BCUT2D eigenvalue weighted by Gasteiger charge is -2.32. The van der Waals surface area contributed by atoms with Crippen molar-refractivity contribution in [3.63, 3.8) is 0 Å². The van der Waals surface area contributed by atoms with Gasteiger partial charge in [0.05, 0.1) is 12.0 Å². The van der Waals surface area contributed by atoms with Gasteiger partial charge in [-0.1, -0.05) is 11.6 Å². The number of hydrogen-bond acceptors (Lipinski definition) is 5. The molecule has 0 spiro atoms. The monoisotopic (exact) mass is 324 g/mol. The minimum Gasteiger partial charge on any atom is -0.376 e. The Balaban J connectivity index is 1.53. The molecule has 3 rings (SSSR count). The van der Waals surface area contributed by atoms with Crippen LogP contribution < -0.4 is 10.2 Å². The van der Waals surface area contributed by atoms with E-state index in [-0.39, 0.29) is 17.9 Å². The van der Waals surface area contributed by atoms with Gasteiger partial charge in [0.25, 0.3) is 0 Å². The number of ether oxygens (including phenoxy) is 1. The minimum atomic E-state index is -0.00682. The number of carbonyl (C=O) groups excluding carboxylic acids is 1. The van der Waals surface area contributed by atoms with Crippen molar-refractivity contribution >= 4 is 23.3 Å². The van der Waals surface area contributed by atoms with Crippen molar-refractivity contribution in [2.24, 2.45) is 5.92 Å². The van der Waals surface area contributed by atoms with Gasteiger partial charge in [0, 0.05) is 26.2 Å². The largest absolute Gasteiger partial charge is 0.376 e. The first-order valence-corrected chi connectivity index (χ1v) is 8.23. The van der Waals surface area contributed by atoms with E-state index in [1.807, 2.05) is 6.07 Å². The summed E-state index contributed by atoms with van der Waals surface area (Å²) in [7, 11) is 0. The predicted molar refractivity (Wildman–Crippen MR) is 84.0 cm³/mol. The number of hydrogen-bond donors (Lipinski definition) is 1. The molecule has 1 amide bonds. The van der Waals surface area contributed by atoms with E-state index in [0.29, 0.717) is 18.2 Å². The molecule has 0 aromatic carbocycles. The minimum absolute atomic E-state index is 0.00682. The molecule has 1 N–H and O–H groups in total. The summed E-state index contributed by atoms with van der Waals surface area (Å²) < 4.78 is 5.54.